The van der Waals surface area contributed by atoms with Gasteiger partial charge in [-0.1, -0.05) is 24.3 Å². The molecule has 0 radical (unpaired) electrons. The van der Waals surface area contributed by atoms with Crippen molar-refractivity contribution in [3.8, 4) is 11.4 Å². The zero-order chi connectivity index (χ0) is 20.4. The van der Waals surface area contributed by atoms with E-state index in [1.165, 1.54) is 11.6 Å². The van der Waals surface area contributed by atoms with Gasteiger partial charge in [0.15, 0.2) is 0 Å². The summed E-state index contributed by atoms with van der Waals surface area (Å²) in [5, 5.41) is 14.6. The number of anilines is 1. The number of hydrogen-bond acceptors (Lipinski definition) is 4. The van der Waals surface area contributed by atoms with Gasteiger partial charge in [0.05, 0.1) is 34.0 Å². The highest BCUT2D eigenvalue weighted by Crippen LogP contribution is 2.42. The van der Waals surface area contributed by atoms with Gasteiger partial charge in [0.1, 0.15) is 5.75 Å². The van der Waals surface area contributed by atoms with Crippen LogP contribution in [-0.4, -0.2) is 18.8 Å². The van der Waals surface area contributed by atoms with Crippen molar-refractivity contribution in [1.82, 2.24) is 13.7 Å². The first-order chi connectivity index (χ1) is 13.9. The maximum atomic E-state index is 12.9. The molecule has 1 aliphatic rings. The topological polar surface area (TPSA) is 81.2 Å². The Labute approximate surface area is 166 Å². The lowest BCUT2D eigenvalue weighted by atomic mass is 9.97. The maximum absolute atomic E-state index is 12.9. The third kappa shape index (κ3) is 2.30. The van der Waals surface area contributed by atoms with E-state index in [1.807, 2.05) is 47.9 Å². The van der Waals surface area contributed by atoms with Crippen molar-refractivity contribution < 1.29 is 5.11 Å². The number of para-hydroxylation sites is 2. The molecule has 7 heteroatoms. The normalized spacial score (nSPS) is 15.1. The van der Waals surface area contributed by atoms with Crippen molar-refractivity contribution in [2.75, 3.05) is 5.32 Å². The zero-order valence-electron chi connectivity index (χ0n) is 16.3. The van der Waals surface area contributed by atoms with Crippen LogP contribution in [0.15, 0.2) is 58.3 Å². The summed E-state index contributed by atoms with van der Waals surface area (Å²) in [4.78, 5) is 25.5. The minimum absolute atomic E-state index is 0.164. The summed E-state index contributed by atoms with van der Waals surface area (Å²) in [5.74, 6) is 0.164. The number of nitrogens with zero attached hydrogens (tertiary/aromatic N) is 3. The van der Waals surface area contributed by atoms with Crippen molar-refractivity contribution in [1.29, 1.82) is 0 Å². The van der Waals surface area contributed by atoms with Gasteiger partial charge in [-0.3, -0.25) is 13.9 Å². The second-order valence-electron chi connectivity index (χ2n) is 7.51. The molecule has 0 saturated heterocycles. The Hall–Kier alpha value is -3.74. The van der Waals surface area contributed by atoms with Crippen molar-refractivity contribution in [3.05, 3.63) is 86.3 Å². The summed E-state index contributed by atoms with van der Waals surface area (Å²) in [6.07, 6.45) is 1.78. The Balaban J connectivity index is 1.94. The lowest BCUT2D eigenvalue weighted by Crippen LogP contribution is -2.37. The van der Waals surface area contributed by atoms with Gasteiger partial charge in [0, 0.05) is 25.9 Å². The number of phenolic OH excluding ortho intramolecular Hbond substituents is 1. The predicted molar refractivity (Wildman–Crippen MR) is 112 cm³/mol. The van der Waals surface area contributed by atoms with E-state index in [2.05, 4.69) is 5.32 Å². The largest absolute Gasteiger partial charge is 0.508 e. The molecule has 1 aliphatic heterocycles. The van der Waals surface area contributed by atoms with Crippen LogP contribution in [-0.2, 0) is 14.1 Å². The molecule has 2 N–H and O–H groups in total. The minimum atomic E-state index is -0.430. The molecule has 0 fully saturated rings. The molecule has 0 saturated carbocycles. The molecule has 0 unspecified atom stereocenters. The van der Waals surface area contributed by atoms with Crippen molar-refractivity contribution in [3.63, 3.8) is 0 Å². The summed E-state index contributed by atoms with van der Waals surface area (Å²) >= 11 is 0. The number of aryl methyl sites for hydroxylation is 2. The van der Waals surface area contributed by atoms with Crippen LogP contribution in [0.1, 0.15) is 22.9 Å². The maximum Gasteiger partial charge on any atom is 0.331 e. The number of aromatic hydroxyl groups is 1. The second-order valence-corrected chi connectivity index (χ2v) is 7.51. The van der Waals surface area contributed by atoms with E-state index in [4.69, 9.17) is 0 Å². The van der Waals surface area contributed by atoms with Gasteiger partial charge in [-0.25, -0.2) is 4.79 Å². The minimum Gasteiger partial charge on any atom is -0.508 e. The number of benzene rings is 2. The molecule has 2 aromatic carbocycles. The molecule has 4 aromatic rings. The van der Waals surface area contributed by atoms with E-state index in [9.17, 15) is 14.7 Å². The number of rotatable bonds is 1. The van der Waals surface area contributed by atoms with E-state index < -0.39 is 6.04 Å². The SMILES string of the molecule is Cc1ccc([C@H]2Nc3ccccc3-n3cc4c(=O)n(C)c(=O)n(C)c4c32)c(O)c1. The third-order valence-electron chi connectivity index (χ3n) is 5.69. The van der Waals surface area contributed by atoms with Crippen molar-refractivity contribution in [2.45, 2.75) is 13.0 Å². The van der Waals surface area contributed by atoms with Crippen molar-refractivity contribution >= 4 is 16.6 Å². The highest BCUT2D eigenvalue weighted by molar-refractivity contribution is 5.86. The summed E-state index contributed by atoms with van der Waals surface area (Å²) < 4.78 is 4.56. The Morgan fingerprint density at radius 1 is 1.03 bits per heavy atom. The average molecular weight is 388 g/mol. The highest BCUT2D eigenvalue weighted by atomic mass is 16.3. The predicted octanol–water partition coefficient (Wildman–Crippen LogP) is 2.56. The third-order valence-corrected chi connectivity index (χ3v) is 5.69. The molecule has 7 nitrogen and oxygen atoms in total. The fourth-order valence-corrected chi connectivity index (χ4v) is 4.24. The van der Waals surface area contributed by atoms with Gasteiger partial charge in [0.2, 0.25) is 0 Å². The average Bonchev–Trinajstić information content (AvgIpc) is 3.11. The van der Waals surface area contributed by atoms with E-state index in [-0.39, 0.29) is 17.0 Å². The lowest BCUT2D eigenvalue weighted by Gasteiger charge is -2.30. The van der Waals surface area contributed by atoms with Gasteiger partial charge < -0.3 is 15.0 Å². The van der Waals surface area contributed by atoms with Gasteiger partial charge in [-0.15, -0.1) is 0 Å². The van der Waals surface area contributed by atoms with Gasteiger partial charge in [0.25, 0.3) is 5.56 Å². The van der Waals surface area contributed by atoms with E-state index in [0.717, 1.165) is 27.2 Å². The van der Waals surface area contributed by atoms with Gasteiger partial charge in [-0.05, 0) is 30.7 Å². The quantitative estimate of drug-likeness (QED) is 0.525. The first-order valence-corrected chi connectivity index (χ1v) is 9.35. The van der Waals surface area contributed by atoms with Crippen LogP contribution in [0.5, 0.6) is 5.75 Å². The standard InChI is InChI=1S/C22H20N4O3/c1-12-8-9-13(17(27)10-12)18-20-19-14(21(28)25(3)22(29)24(19)2)11-26(20)16-7-5-4-6-15(16)23-18/h4-11,18,23,27H,1-3H3/t18-/m1/s1. The molecule has 1 atom stereocenters. The van der Waals surface area contributed by atoms with Crippen molar-refractivity contribution in [2.24, 2.45) is 14.1 Å². The Kier molecular flexibility index (Phi) is 3.52. The van der Waals surface area contributed by atoms with Gasteiger partial charge >= 0.3 is 5.69 Å². The fourth-order valence-electron chi connectivity index (χ4n) is 4.24. The smallest absolute Gasteiger partial charge is 0.331 e. The first kappa shape index (κ1) is 17.4. The first-order valence-electron chi connectivity index (χ1n) is 9.35. The fraction of sp³-hybridized carbons (Fsp3) is 0.182. The lowest BCUT2D eigenvalue weighted by molar-refractivity contribution is 0.465. The second kappa shape index (κ2) is 5.88. The van der Waals surface area contributed by atoms with Crippen LogP contribution >= 0.6 is 0 Å². The molecular weight excluding hydrogens is 368 g/mol. The van der Waals surface area contributed by atoms with Crippen LogP contribution in [0.4, 0.5) is 5.69 Å². The number of hydrogen-bond donors (Lipinski definition) is 2. The van der Waals surface area contributed by atoms with Crippen LogP contribution in [0.3, 0.4) is 0 Å². The summed E-state index contributed by atoms with van der Waals surface area (Å²) in [6.45, 7) is 1.92. The molecule has 29 heavy (non-hydrogen) atoms. The Bertz CT molecular complexity index is 1420. The van der Waals surface area contributed by atoms with Crippen LogP contribution in [0.25, 0.3) is 16.6 Å². The Morgan fingerprint density at radius 3 is 2.55 bits per heavy atom. The molecule has 0 spiro atoms. The molecular formula is C22H20N4O3. The number of fused-ring (bicyclic) bond motifs is 5. The van der Waals surface area contributed by atoms with Gasteiger partial charge in [-0.2, -0.15) is 0 Å². The van der Waals surface area contributed by atoms with E-state index in [1.54, 1.807) is 19.3 Å². The van der Waals surface area contributed by atoms with E-state index >= 15 is 0 Å². The van der Waals surface area contributed by atoms with Crippen LogP contribution in [0.2, 0.25) is 0 Å². The monoisotopic (exact) mass is 388 g/mol. The summed E-state index contributed by atoms with van der Waals surface area (Å²) in [6, 6.07) is 12.9. The highest BCUT2D eigenvalue weighted by Gasteiger charge is 2.32. The Morgan fingerprint density at radius 2 is 1.79 bits per heavy atom. The van der Waals surface area contributed by atoms with E-state index in [0.29, 0.717) is 16.5 Å². The zero-order valence-corrected chi connectivity index (χ0v) is 16.3. The molecule has 0 bridgehead atoms. The molecule has 5 rings (SSSR count). The molecule has 2 aromatic heterocycles. The number of phenols is 1. The number of nitrogens with one attached hydrogen (secondary N) is 1. The van der Waals surface area contributed by atoms with Crippen LogP contribution in [0, 0.1) is 6.92 Å². The number of aromatic nitrogens is 3. The molecule has 0 amide bonds. The molecule has 0 aliphatic carbocycles. The summed E-state index contributed by atoms with van der Waals surface area (Å²) in [7, 11) is 3.15. The summed E-state index contributed by atoms with van der Waals surface area (Å²) in [5.41, 5.74) is 3.98. The molecule has 146 valence electrons. The molecule has 3 heterocycles. The van der Waals surface area contributed by atoms with Crippen LogP contribution < -0.4 is 16.6 Å².